The highest BCUT2D eigenvalue weighted by molar-refractivity contribution is 9.10. The fourth-order valence-corrected chi connectivity index (χ4v) is 2.74. The summed E-state index contributed by atoms with van der Waals surface area (Å²) in [6, 6.07) is 11.9. The molecule has 5 heteroatoms. The first-order valence-corrected chi connectivity index (χ1v) is 8.41. The van der Waals surface area contributed by atoms with Crippen LogP contribution >= 0.6 is 15.9 Å². The minimum Gasteiger partial charge on any atom is -0.384 e. The Hall–Kier alpha value is -1.07. The van der Waals surface area contributed by atoms with Crippen molar-refractivity contribution in [2.75, 3.05) is 23.9 Å². The molecule has 0 saturated heterocycles. The first-order chi connectivity index (χ1) is 8.47. The summed E-state index contributed by atoms with van der Waals surface area (Å²) in [4.78, 5) is 0. The van der Waals surface area contributed by atoms with Gasteiger partial charge in [0.2, 0.25) is 0 Å². The van der Waals surface area contributed by atoms with Crippen LogP contribution in [0.1, 0.15) is 0 Å². The molecule has 2 aromatic rings. The molecule has 0 bridgehead atoms. The van der Waals surface area contributed by atoms with Crippen molar-refractivity contribution in [2.45, 2.75) is 0 Å². The second-order valence-corrected chi connectivity index (χ2v) is 7.31. The standard InChI is InChI=1S/C13H14BrNO2S/c1-18(16,17)9-8-15-13-7-6-12(14)10-4-2-3-5-11(10)13/h2-7,15H,8-9H2,1H3. The summed E-state index contributed by atoms with van der Waals surface area (Å²) in [5.74, 6) is 0.136. The van der Waals surface area contributed by atoms with Gasteiger partial charge in [-0.05, 0) is 17.5 Å². The van der Waals surface area contributed by atoms with Gasteiger partial charge in [-0.1, -0.05) is 40.2 Å². The number of hydrogen-bond acceptors (Lipinski definition) is 3. The van der Waals surface area contributed by atoms with Gasteiger partial charge in [-0.15, -0.1) is 0 Å². The van der Waals surface area contributed by atoms with E-state index in [0.717, 1.165) is 20.9 Å². The first-order valence-electron chi connectivity index (χ1n) is 5.56. The minimum atomic E-state index is -2.93. The molecule has 0 aliphatic heterocycles. The molecule has 96 valence electrons. The lowest BCUT2D eigenvalue weighted by Gasteiger charge is -2.10. The predicted molar refractivity (Wildman–Crippen MR) is 79.8 cm³/mol. The number of halogens is 1. The van der Waals surface area contributed by atoms with Gasteiger partial charge in [-0.2, -0.15) is 0 Å². The van der Waals surface area contributed by atoms with Gasteiger partial charge in [0.1, 0.15) is 9.84 Å². The van der Waals surface area contributed by atoms with E-state index in [1.54, 1.807) is 0 Å². The third-order valence-corrected chi connectivity index (χ3v) is 4.30. The van der Waals surface area contributed by atoms with Crippen molar-refractivity contribution in [3.05, 3.63) is 40.9 Å². The third-order valence-electron chi connectivity index (χ3n) is 2.66. The Labute approximate surface area is 115 Å². The highest BCUT2D eigenvalue weighted by atomic mass is 79.9. The Morgan fingerprint density at radius 2 is 1.78 bits per heavy atom. The summed E-state index contributed by atoms with van der Waals surface area (Å²) in [5.41, 5.74) is 0.956. The van der Waals surface area contributed by atoms with E-state index < -0.39 is 9.84 Å². The fraction of sp³-hybridized carbons (Fsp3) is 0.231. The number of benzene rings is 2. The molecule has 2 aromatic carbocycles. The van der Waals surface area contributed by atoms with Gasteiger partial charge in [0.15, 0.2) is 0 Å². The maximum atomic E-state index is 11.1. The second kappa shape index (κ2) is 5.28. The third kappa shape index (κ3) is 3.23. The number of rotatable bonds is 4. The van der Waals surface area contributed by atoms with E-state index in [2.05, 4.69) is 21.2 Å². The number of nitrogens with one attached hydrogen (secondary N) is 1. The van der Waals surface area contributed by atoms with Gasteiger partial charge >= 0.3 is 0 Å². The van der Waals surface area contributed by atoms with Crippen molar-refractivity contribution in [1.82, 2.24) is 0 Å². The molecule has 0 aliphatic carbocycles. The molecule has 0 aromatic heterocycles. The van der Waals surface area contributed by atoms with E-state index in [-0.39, 0.29) is 5.75 Å². The SMILES string of the molecule is CS(=O)(=O)CCNc1ccc(Br)c2ccccc12. The van der Waals surface area contributed by atoms with E-state index in [1.165, 1.54) is 6.26 Å². The zero-order valence-corrected chi connectivity index (χ0v) is 12.4. The normalized spacial score (nSPS) is 11.7. The summed E-state index contributed by atoms with van der Waals surface area (Å²) >= 11 is 3.51. The minimum absolute atomic E-state index is 0.136. The van der Waals surface area contributed by atoms with Crippen LogP contribution in [0.5, 0.6) is 0 Å². The average Bonchev–Trinajstić information content (AvgIpc) is 2.31. The summed E-state index contributed by atoms with van der Waals surface area (Å²) < 4.78 is 23.2. The Kier molecular flexibility index (Phi) is 3.92. The van der Waals surface area contributed by atoms with Crippen molar-refractivity contribution in [1.29, 1.82) is 0 Å². The number of sulfone groups is 1. The quantitative estimate of drug-likeness (QED) is 0.938. The highest BCUT2D eigenvalue weighted by Gasteiger charge is 2.05. The molecule has 0 atom stereocenters. The summed E-state index contributed by atoms with van der Waals surface area (Å²) in [7, 11) is -2.93. The highest BCUT2D eigenvalue weighted by Crippen LogP contribution is 2.29. The van der Waals surface area contributed by atoms with Gasteiger partial charge in [-0.25, -0.2) is 8.42 Å². The van der Waals surface area contributed by atoms with E-state index in [1.807, 2.05) is 36.4 Å². The Morgan fingerprint density at radius 3 is 2.44 bits per heavy atom. The number of hydrogen-bond donors (Lipinski definition) is 1. The lowest BCUT2D eigenvalue weighted by atomic mass is 10.1. The van der Waals surface area contributed by atoms with E-state index in [0.29, 0.717) is 6.54 Å². The molecule has 18 heavy (non-hydrogen) atoms. The van der Waals surface area contributed by atoms with Crippen molar-refractivity contribution in [3.63, 3.8) is 0 Å². The molecule has 0 unspecified atom stereocenters. The molecule has 1 N–H and O–H groups in total. The van der Waals surface area contributed by atoms with E-state index in [9.17, 15) is 8.42 Å². The van der Waals surface area contributed by atoms with Crippen LogP contribution in [0.2, 0.25) is 0 Å². The van der Waals surface area contributed by atoms with Crippen LogP contribution in [-0.2, 0) is 9.84 Å². The van der Waals surface area contributed by atoms with Crippen molar-refractivity contribution in [2.24, 2.45) is 0 Å². The molecule has 2 rings (SSSR count). The van der Waals surface area contributed by atoms with Gasteiger partial charge in [0, 0.05) is 28.3 Å². The largest absolute Gasteiger partial charge is 0.384 e. The predicted octanol–water partition coefficient (Wildman–Crippen LogP) is 3.06. The average molecular weight is 328 g/mol. The number of anilines is 1. The Balaban J connectivity index is 2.26. The van der Waals surface area contributed by atoms with Crippen LogP contribution in [0.15, 0.2) is 40.9 Å². The van der Waals surface area contributed by atoms with Crippen LogP contribution in [-0.4, -0.2) is 27.0 Å². The van der Waals surface area contributed by atoms with Crippen LogP contribution in [0.4, 0.5) is 5.69 Å². The maximum absolute atomic E-state index is 11.1. The Bertz CT molecular complexity index is 668. The van der Waals surface area contributed by atoms with E-state index in [4.69, 9.17) is 0 Å². The van der Waals surface area contributed by atoms with Crippen molar-refractivity contribution < 1.29 is 8.42 Å². The van der Waals surface area contributed by atoms with Crippen LogP contribution in [0, 0.1) is 0 Å². The van der Waals surface area contributed by atoms with Crippen LogP contribution in [0.25, 0.3) is 10.8 Å². The summed E-state index contributed by atoms with van der Waals surface area (Å²) in [5, 5.41) is 5.37. The molecular formula is C13H14BrNO2S. The van der Waals surface area contributed by atoms with Crippen molar-refractivity contribution >= 4 is 42.2 Å². The second-order valence-electron chi connectivity index (χ2n) is 4.20. The first kappa shape index (κ1) is 13.4. The Morgan fingerprint density at radius 1 is 1.11 bits per heavy atom. The van der Waals surface area contributed by atoms with Gasteiger partial charge in [0.05, 0.1) is 5.75 Å². The van der Waals surface area contributed by atoms with E-state index >= 15 is 0 Å². The monoisotopic (exact) mass is 327 g/mol. The molecule has 0 radical (unpaired) electrons. The molecule has 0 aliphatic rings. The molecule has 3 nitrogen and oxygen atoms in total. The van der Waals surface area contributed by atoms with Crippen LogP contribution in [0.3, 0.4) is 0 Å². The van der Waals surface area contributed by atoms with Gasteiger partial charge in [-0.3, -0.25) is 0 Å². The topological polar surface area (TPSA) is 46.2 Å². The summed E-state index contributed by atoms with van der Waals surface area (Å²) in [6.45, 7) is 0.421. The molecule has 0 heterocycles. The van der Waals surface area contributed by atoms with Crippen molar-refractivity contribution in [3.8, 4) is 0 Å². The smallest absolute Gasteiger partial charge is 0.149 e. The molecule has 0 spiro atoms. The van der Waals surface area contributed by atoms with Crippen LogP contribution < -0.4 is 5.32 Å². The number of fused-ring (bicyclic) bond motifs is 1. The zero-order chi connectivity index (χ0) is 13.2. The zero-order valence-electron chi connectivity index (χ0n) is 9.98. The maximum Gasteiger partial charge on any atom is 0.149 e. The molecule has 0 fully saturated rings. The van der Waals surface area contributed by atoms with Gasteiger partial charge in [0.25, 0.3) is 0 Å². The molecular weight excluding hydrogens is 314 g/mol. The lowest BCUT2D eigenvalue weighted by molar-refractivity contribution is 0.602. The lowest BCUT2D eigenvalue weighted by Crippen LogP contribution is -2.14. The fourth-order valence-electron chi connectivity index (χ4n) is 1.79. The van der Waals surface area contributed by atoms with Gasteiger partial charge < -0.3 is 5.32 Å². The molecule has 0 saturated carbocycles. The summed E-state index contributed by atoms with van der Waals surface area (Å²) in [6.07, 6.45) is 1.24. The molecule has 0 amide bonds.